The van der Waals surface area contributed by atoms with Gasteiger partial charge in [0.2, 0.25) is 0 Å². The number of pyridine rings is 1. The Bertz CT molecular complexity index is 937. The Morgan fingerprint density at radius 1 is 1.30 bits per heavy atom. The van der Waals surface area contributed by atoms with E-state index in [0.717, 1.165) is 16.7 Å². The SMILES string of the molecule is Cc1c(-c2cnn(C)c2)nc(N)c(C#N)c1-c1ccccc1Cl. The average Bonchev–Trinajstić information content (AvgIpc) is 2.96. The highest BCUT2D eigenvalue weighted by Gasteiger charge is 2.20. The minimum Gasteiger partial charge on any atom is -0.383 e. The quantitative estimate of drug-likeness (QED) is 0.781. The maximum atomic E-state index is 9.51. The monoisotopic (exact) mass is 323 g/mol. The third-order valence-electron chi connectivity index (χ3n) is 3.70. The van der Waals surface area contributed by atoms with Gasteiger partial charge in [-0.05, 0) is 18.6 Å². The Morgan fingerprint density at radius 3 is 2.65 bits per heavy atom. The van der Waals surface area contributed by atoms with E-state index in [1.807, 2.05) is 38.4 Å². The number of halogens is 1. The van der Waals surface area contributed by atoms with Crippen molar-refractivity contribution in [3.63, 3.8) is 0 Å². The zero-order chi connectivity index (χ0) is 16.6. The van der Waals surface area contributed by atoms with Gasteiger partial charge in [0.05, 0.1) is 11.9 Å². The fraction of sp³-hybridized carbons (Fsp3) is 0.118. The predicted octanol–water partition coefficient (Wildman–Crippen LogP) is 3.56. The van der Waals surface area contributed by atoms with Crippen molar-refractivity contribution in [2.24, 2.45) is 7.05 Å². The summed E-state index contributed by atoms with van der Waals surface area (Å²) in [4.78, 5) is 4.40. The number of hydrogen-bond donors (Lipinski definition) is 1. The molecule has 2 aromatic heterocycles. The summed E-state index contributed by atoms with van der Waals surface area (Å²) in [7, 11) is 1.83. The van der Waals surface area contributed by atoms with E-state index in [1.54, 1.807) is 16.9 Å². The number of nitrogen functional groups attached to an aromatic ring is 1. The van der Waals surface area contributed by atoms with Gasteiger partial charge in [-0.2, -0.15) is 10.4 Å². The van der Waals surface area contributed by atoms with E-state index in [0.29, 0.717) is 21.8 Å². The number of anilines is 1. The molecular weight excluding hydrogens is 310 g/mol. The molecule has 5 nitrogen and oxygen atoms in total. The van der Waals surface area contributed by atoms with E-state index in [2.05, 4.69) is 16.2 Å². The van der Waals surface area contributed by atoms with Crippen molar-refractivity contribution in [2.75, 3.05) is 5.73 Å². The summed E-state index contributed by atoms with van der Waals surface area (Å²) in [6.45, 7) is 1.91. The lowest BCUT2D eigenvalue weighted by atomic mass is 9.93. The Kier molecular flexibility index (Phi) is 3.77. The first kappa shape index (κ1) is 15.1. The van der Waals surface area contributed by atoms with Crippen molar-refractivity contribution < 1.29 is 0 Å². The molecule has 23 heavy (non-hydrogen) atoms. The smallest absolute Gasteiger partial charge is 0.142 e. The number of nitrogens with zero attached hydrogens (tertiary/aromatic N) is 4. The molecule has 0 saturated carbocycles. The Labute approximate surface area is 139 Å². The summed E-state index contributed by atoms with van der Waals surface area (Å²) in [6, 6.07) is 9.53. The number of benzene rings is 1. The summed E-state index contributed by atoms with van der Waals surface area (Å²) in [6.07, 6.45) is 3.58. The average molecular weight is 324 g/mol. The first-order valence-electron chi connectivity index (χ1n) is 6.97. The van der Waals surface area contributed by atoms with Crippen molar-refractivity contribution in [2.45, 2.75) is 6.92 Å². The molecule has 0 aliphatic carbocycles. The highest BCUT2D eigenvalue weighted by atomic mass is 35.5. The van der Waals surface area contributed by atoms with Crippen LogP contribution in [0.25, 0.3) is 22.4 Å². The van der Waals surface area contributed by atoms with Gasteiger partial charge in [-0.3, -0.25) is 4.68 Å². The highest BCUT2D eigenvalue weighted by molar-refractivity contribution is 6.33. The number of hydrogen-bond acceptors (Lipinski definition) is 4. The van der Waals surface area contributed by atoms with Crippen molar-refractivity contribution in [3.05, 3.63) is 52.8 Å². The number of nitriles is 1. The summed E-state index contributed by atoms with van der Waals surface area (Å²) in [5, 5.41) is 14.2. The predicted molar refractivity (Wildman–Crippen MR) is 90.7 cm³/mol. The lowest BCUT2D eigenvalue weighted by molar-refractivity contribution is 0.768. The molecule has 1 aromatic carbocycles. The molecule has 0 unspecified atom stereocenters. The minimum absolute atomic E-state index is 0.187. The first-order valence-corrected chi connectivity index (χ1v) is 7.34. The van der Waals surface area contributed by atoms with Gasteiger partial charge in [0.15, 0.2) is 0 Å². The maximum Gasteiger partial charge on any atom is 0.142 e. The van der Waals surface area contributed by atoms with Gasteiger partial charge in [-0.25, -0.2) is 4.98 Å². The van der Waals surface area contributed by atoms with Crippen LogP contribution in [0, 0.1) is 18.3 Å². The Balaban J connectivity index is 2.37. The molecule has 0 aliphatic heterocycles. The van der Waals surface area contributed by atoms with Gasteiger partial charge < -0.3 is 5.73 Å². The molecule has 0 spiro atoms. The Hall–Kier alpha value is -2.84. The van der Waals surface area contributed by atoms with E-state index >= 15 is 0 Å². The molecule has 0 amide bonds. The maximum absolute atomic E-state index is 9.51. The first-order chi connectivity index (χ1) is 11.0. The topological polar surface area (TPSA) is 80.5 Å². The third-order valence-corrected chi connectivity index (χ3v) is 4.03. The van der Waals surface area contributed by atoms with Crippen LogP contribution >= 0.6 is 11.6 Å². The lowest BCUT2D eigenvalue weighted by Gasteiger charge is -2.15. The van der Waals surface area contributed by atoms with Crippen molar-refractivity contribution in [1.29, 1.82) is 5.26 Å². The molecule has 3 aromatic rings. The number of aromatic nitrogens is 3. The molecule has 2 N–H and O–H groups in total. The van der Waals surface area contributed by atoms with Gasteiger partial charge in [0.25, 0.3) is 0 Å². The molecule has 6 heteroatoms. The van der Waals surface area contributed by atoms with Crippen LogP contribution in [0.15, 0.2) is 36.7 Å². The molecular formula is C17H14ClN5. The zero-order valence-electron chi connectivity index (χ0n) is 12.7. The van der Waals surface area contributed by atoms with Gasteiger partial charge in [0, 0.05) is 35.0 Å². The van der Waals surface area contributed by atoms with Crippen LogP contribution in [-0.4, -0.2) is 14.8 Å². The zero-order valence-corrected chi connectivity index (χ0v) is 13.5. The van der Waals surface area contributed by atoms with E-state index in [4.69, 9.17) is 17.3 Å². The summed E-state index contributed by atoms with van der Waals surface area (Å²) in [5.41, 5.74) is 10.2. The van der Waals surface area contributed by atoms with Crippen LogP contribution in [0.5, 0.6) is 0 Å². The fourth-order valence-corrected chi connectivity index (χ4v) is 2.86. The summed E-state index contributed by atoms with van der Waals surface area (Å²) in [5.74, 6) is 0.187. The second-order valence-corrected chi connectivity index (χ2v) is 5.62. The summed E-state index contributed by atoms with van der Waals surface area (Å²) < 4.78 is 1.69. The minimum atomic E-state index is 0.187. The van der Waals surface area contributed by atoms with Crippen molar-refractivity contribution in [1.82, 2.24) is 14.8 Å². The normalized spacial score (nSPS) is 10.5. The van der Waals surface area contributed by atoms with Crippen LogP contribution < -0.4 is 5.73 Å². The molecule has 0 aliphatic rings. The van der Waals surface area contributed by atoms with Gasteiger partial charge in [-0.15, -0.1) is 0 Å². The van der Waals surface area contributed by atoms with E-state index in [-0.39, 0.29) is 5.82 Å². The van der Waals surface area contributed by atoms with Crippen LogP contribution in [-0.2, 0) is 7.05 Å². The van der Waals surface area contributed by atoms with E-state index in [1.165, 1.54) is 0 Å². The summed E-state index contributed by atoms with van der Waals surface area (Å²) >= 11 is 6.33. The van der Waals surface area contributed by atoms with E-state index < -0.39 is 0 Å². The fourth-order valence-electron chi connectivity index (χ4n) is 2.63. The van der Waals surface area contributed by atoms with Crippen LogP contribution in [0.3, 0.4) is 0 Å². The van der Waals surface area contributed by atoms with Gasteiger partial charge >= 0.3 is 0 Å². The van der Waals surface area contributed by atoms with Gasteiger partial charge in [0.1, 0.15) is 17.5 Å². The molecule has 0 saturated heterocycles. The van der Waals surface area contributed by atoms with Crippen LogP contribution in [0.2, 0.25) is 5.02 Å². The third kappa shape index (κ3) is 2.54. The Morgan fingerprint density at radius 2 is 2.04 bits per heavy atom. The van der Waals surface area contributed by atoms with Crippen LogP contribution in [0.4, 0.5) is 5.82 Å². The van der Waals surface area contributed by atoms with Crippen molar-refractivity contribution in [3.8, 4) is 28.5 Å². The van der Waals surface area contributed by atoms with Crippen molar-refractivity contribution >= 4 is 17.4 Å². The van der Waals surface area contributed by atoms with E-state index in [9.17, 15) is 5.26 Å². The molecule has 0 atom stereocenters. The molecule has 0 bridgehead atoms. The lowest BCUT2D eigenvalue weighted by Crippen LogP contribution is -2.03. The second kappa shape index (κ2) is 5.75. The highest BCUT2D eigenvalue weighted by Crippen LogP contribution is 2.38. The molecule has 3 rings (SSSR count). The standard InChI is InChI=1S/C17H14ClN5/c1-10-15(12-5-3-4-6-14(12)18)13(7-19)17(20)22-16(10)11-8-21-23(2)9-11/h3-6,8-9H,1-2H3,(H2,20,22). The molecule has 0 radical (unpaired) electrons. The second-order valence-electron chi connectivity index (χ2n) is 5.21. The number of aryl methyl sites for hydroxylation is 1. The van der Waals surface area contributed by atoms with Gasteiger partial charge in [-0.1, -0.05) is 29.8 Å². The molecule has 114 valence electrons. The van der Waals surface area contributed by atoms with Crippen LogP contribution in [0.1, 0.15) is 11.1 Å². The number of nitrogens with two attached hydrogens (primary N) is 1. The largest absolute Gasteiger partial charge is 0.383 e. The molecule has 2 heterocycles. The number of rotatable bonds is 2. The molecule has 0 fully saturated rings.